The van der Waals surface area contributed by atoms with Gasteiger partial charge in [0.05, 0.1) is 10.9 Å². The summed E-state index contributed by atoms with van der Waals surface area (Å²) in [6, 6.07) is 14.4. The van der Waals surface area contributed by atoms with Crippen LogP contribution in [0, 0.1) is 0 Å². The molecule has 2 aromatic carbocycles. The standard InChI is InChI=1S/C25H31ClN2O4S/c1-25(2,3)32-24(29)23-22(12-7-17-27-23)28(18-8-11-19-9-5-4-6-10-19)33(30,31)21-15-13-20(26)14-16-21/h4-6,8-11,13-16,22-23,27H,7,12,17-18H2,1-3H3. The number of sulfonamides is 1. The Morgan fingerprint density at radius 1 is 1.15 bits per heavy atom. The van der Waals surface area contributed by atoms with E-state index in [-0.39, 0.29) is 11.4 Å². The SMILES string of the molecule is CC(C)(C)OC(=O)C1NCCCC1N(CC=Cc1ccccc1)S(=O)(=O)c1ccc(Cl)cc1. The molecule has 2 unspecified atom stereocenters. The quantitative estimate of drug-likeness (QED) is 0.578. The molecule has 3 rings (SSSR count). The smallest absolute Gasteiger partial charge is 0.325 e. The van der Waals surface area contributed by atoms with E-state index in [0.29, 0.717) is 18.0 Å². The van der Waals surface area contributed by atoms with E-state index in [4.69, 9.17) is 16.3 Å². The zero-order valence-electron chi connectivity index (χ0n) is 19.2. The van der Waals surface area contributed by atoms with Crippen LogP contribution >= 0.6 is 11.6 Å². The molecule has 2 aromatic rings. The van der Waals surface area contributed by atoms with Gasteiger partial charge in [-0.05, 0) is 70.0 Å². The van der Waals surface area contributed by atoms with Crippen LogP contribution in [-0.4, -0.2) is 49.5 Å². The van der Waals surface area contributed by atoms with Gasteiger partial charge in [-0.25, -0.2) is 8.42 Å². The van der Waals surface area contributed by atoms with Crippen LogP contribution in [0.25, 0.3) is 6.08 Å². The Kier molecular flexibility index (Phi) is 8.34. The number of piperidine rings is 1. The first kappa shape index (κ1) is 25.4. The molecule has 1 aliphatic heterocycles. The van der Waals surface area contributed by atoms with E-state index in [2.05, 4.69) is 5.32 Å². The first-order chi connectivity index (χ1) is 15.6. The second-order valence-corrected chi connectivity index (χ2v) is 11.3. The molecule has 0 spiro atoms. The van der Waals surface area contributed by atoms with Crippen LogP contribution in [0.3, 0.4) is 0 Å². The monoisotopic (exact) mass is 490 g/mol. The number of rotatable bonds is 7. The Morgan fingerprint density at radius 3 is 2.45 bits per heavy atom. The summed E-state index contributed by atoms with van der Waals surface area (Å²) in [6.07, 6.45) is 4.98. The molecular weight excluding hydrogens is 460 g/mol. The second-order valence-electron chi connectivity index (χ2n) is 9.02. The molecule has 178 valence electrons. The average molecular weight is 491 g/mol. The van der Waals surface area contributed by atoms with Crippen molar-refractivity contribution in [3.05, 3.63) is 71.3 Å². The number of halogens is 1. The van der Waals surface area contributed by atoms with Crippen LogP contribution in [0.2, 0.25) is 5.02 Å². The van der Waals surface area contributed by atoms with E-state index in [1.807, 2.05) is 42.5 Å². The van der Waals surface area contributed by atoms with Crippen molar-refractivity contribution >= 4 is 33.7 Å². The highest BCUT2D eigenvalue weighted by Gasteiger charge is 2.42. The normalized spacial score (nSPS) is 19.7. The number of carbonyl (C=O) groups is 1. The molecule has 33 heavy (non-hydrogen) atoms. The minimum absolute atomic E-state index is 0.117. The van der Waals surface area contributed by atoms with E-state index in [9.17, 15) is 13.2 Å². The highest BCUT2D eigenvalue weighted by Crippen LogP contribution is 2.27. The number of hydrogen-bond acceptors (Lipinski definition) is 5. The number of benzene rings is 2. The molecule has 0 radical (unpaired) electrons. The van der Waals surface area contributed by atoms with Gasteiger partial charge >= 0.3 is 5.97 Å². The molecule has 1 aliphatic rings. The molecule has 8 heteroatoms. The summed E-state index contributed by atoms with van der Waals surface area (Å²) in [7, 11) is -3.91. The fourth-order valence-electron chi connectivity index (χ4n) is 3.80. The number of ether oxygens (including phenoxy) is 1. The van der Waals surface area contributed by atoms with Gasteiger partial charge in [-0.1, -0.05) is 54.1 Å². The zero-order chi connectivity index (χ0) is 24.1. The summed E-state index contributed by atoms with van der Waals surface area (Å²) < 4.78 is 34.4. The van der Waals surface area contributed by atoms with Crippen molar-refractivity contribution in [2.45, 2.75) is 56.2 Å². The van der Waals surface area contributed by atoms with Crippen LogP contribution < -0.4 is 5.32 Å². The summed E-state index contributed by atoms with van der Waals surface area (Å²) in [4.78, 5) is 13.1. The van der Waals surface area contributed by atoms with Gasteiger partial charge in [0.2, 0.25) is 10.0 Å². The number of nitrogens with zero attached hydrogens (tertiary/aromatic N) is 1. The van der Waals surface area contributed by atoms with Crippen LogP contribution in [0.5, 0.6) is 0 Å². The van der Waals surface area contributed by atoms with Gasteiger partial charge in [-0.3, -0.25) is 4.79 Å². The van der Waals surface area contributed by atoms with E-state index in [1.54, 1.807) is 32.9 Å². The molecule has 1 saturated heterocycles. The highest BCUT2D eigenvalue weighted by atomic mass is 35.5. The van der Waals surface area contributed by atoms with Crippen LogP contribution in [0.15, 0.2) is 65.6 Å². The average Bonchev–Trinajstić information content (AvgIpc) is 2.76. The summed E-state index contributed by atoms with van der Waals surface area (Å²) in [5, 5.41) is 3.64. The maximum absolute atomic E-state index is 13.7. The lowest BCUT2D eigenvalue weighted by molar-refractivity contribution is -0.159. The van der Waals surface area contributed by atoms with E-state index in [0.717, 1.165) is 12.0 Å². The van der Waals surface area contributed by atoms with Gasteiger partial charge in [-0.2, -0.15) is 4.31 Å². The van der Waals surface area contributed by atoms with Crippen molar-refractivity contribution in [2.75, 3.05) is 13.1 Å². The number of esters is 1. The van der Waals surface area contributed by atoms with E-state index < -0.39 is 33.7 Å². The molecule has 0 amide bonds. The van der Waals surface area contributed by atoms with Crippen molar-refractivity contribution < 1.29 is 17.9 Å². The van der Waals surface area contributed by atoms with Gasteiger partial charge in [0.1, 0.15) is 11.6 Å². The Labute approximate surface area is 201 Å². The Bertz CT molecular complexity index is 1060. The minimum Gasteiger partial charge on any atom is -0.459 e. The lowest BCUT2D eigenvalue weighted by Crippen LogP contribution is -2.59. The lowest BCUT2D eigenvalue weighted by Gasteiger charge is -2.39. The summed E-state index contributed by atoms with van der Waals surface area (Å²) >= 11 is 5.98. The molecule has 6 nitrogen and oxygen atoms in total. The third kappa shape index (κ3) is 6.90. The molecule has 2 atom stereocenters. The van der Waals surface area contributed by atoms with E-state index in [1.165, 1.54) is 16.4 Å². The zero-order valence-corrected chi connectivity index (χ0v) is 20.8. The van der Waals surface area contributed by atoms with Gasteiger partial charge in [0.15, 0.2) is 0 Å². The predicted octanol–water partition coefficient (Wildman–Crippen LogP) is 4.51. The van der Waals surface area contributed by atoms with Crippen LogP contribution in [-0.2, 0) is 19.6 Å². The summed E-state index contributed by atoms with van der Waals surface area (Å²) in [5.41, 5.74) is 0.292. The first-order valence-corrected chi connectivity index (χ1v) is 12.8. The second kappa shape index (κ2) is 10.8. The topological polar surface area (TPSA) is 75.7 Å². The molecule has 0 bridgehead atoms. The third-order valence-electron chi connectivity index (χ3n) is 5.27. The molecule has 1 N–H and O–H groups in total. The summed E-state index contributed by atoms with van der Waals surface area (Å²) in [5.74, 6) is -0.449. The van der Waals surface area contributed by atoms with Crippen LogP contribution in [0.4, 0.5) is 0 Å². The van der Waals surface area contributed by atoms with Crippen molar-refractivity contribution in [3.8, 4) is 0 Å². The van der Waals surface area contributed by atoms with Gasteiger partial charge in [0, 0.05) is 11.6 Å². The summed E-state index contributed by atoms with van der Waals surface area (Å²) in [6.45, 7) is 6.13. The number of nitrogens with one attached hydrogen (secondary N) is 1. The largest absolute Gasteiger partial charge is 0.459 e. The minimum atomic E-state index is -3.91. The molecule has 1 heterocycles. The Hall–Kier alpha value is -2.19. The molecule has 1 fully saturated rings. The maximum atomic E-state index is 13.7. The Balaban J connectivity index is 1.96. The van der Waals surface area contributed by atoms with Crippen molar-refractivity contribution in [3.63, 3.8) is 0 Å². The first-order valence-electron chi connectivity index (χ1n) is 11.0. The van der Waals surface area contributed by atoms with Crippen molar-refractivity contribution in [1.82, 2.24) is 9.62 Å². The number of hydrogen-bond donors (Lipinski definition) is 1. The molecule has 0 aromatic heterocycles. The van der Waals surface area contributed by atoms with Gasteiger partial charge in [-0.15, -0.1) is 0 Å². The Morgan fingerprint density at radius 2 is 1.82 bits per heavy atom. The predicted molar refractivity (Wildman–Crippen MR) is 131 cm³/mol. The highest BCUT2D eigenvalue weighted by molar-refractivity contribution is 7.89. The lowest BCUT2D eigenvalue weighted by atomic mass is 9.98. The maximum Gasteiger partial charge on any atom is 0.325 e. The number of carbonyl (C=O) groups excluding carboxylic acids is 1. The van der Waals surface area contributed by atoms with Crippen molar-refractivity contribution in [1.29, 1.82) is 0 Å². The molecular formula is C25H31ClN2O4S. The van der Waals surface area contributed by atoms with E-state index >= 15 is 0 Å². The van der Waals surface area contributed by atoms with Gasteiger partial charge in [0.25, 0.3) is 0 Å². The fraction of sp³-hybridized carbons (Fsp3) is 0.400. The molecule has 0 saturated carbocycles. The van der Waals surface area contributed by atoms with Crippen LogP contribution in [0.1, 0.15) is 39.2 Å². The van der Waals surface area contributed by atoms with Gasteiger partial charge < -0.3 is 10.1 Å². The fourth-order valence-corrected chi connectivity index (χ4v) is 5.54. The molecule has 0 aliphatic carbocycles. The third-order valence-corrected chi connectivity index (χ3v) is 7.43. The van der Waals surface area contributed by atoms with Crippen molar-refractivity contribution in [2.24, 2.45) is 0 Å².